The lowest BCUT2D eigenvalue weighted by Crippen LogP contribution is -2.48. The summed E-state index contributed by atoms with van der Waals surface area (Å²) in [6, 6.07) is 0. The minimum absolute atomic E-state index is 0.0941. The number of hydrogen-bond acceptors (Lipinski definition) is 2. The van der Waals surface area contributed by atoms with Crippen LogP contribution in [0.1, 0.15) is 40.0 Å². The molecule has 0 saturated heterocycles. The second-order valence-electron chi connectivity index (χ2n) is 5.04. The number of nitrogens with one attached hydrogen (secondary N) is 1. The van der Waals surface area contributed by atoms with E-state index >= 15 is 0 Å². The number of aliphatic hydroxyl groups is 1. The lowest BCUT2D eigenvalue weighted by Gasteiger charge is -2.33. The van der Waals surface area contributed by atoms with Gasteiger partial charge >= 0.3 is 0 Å². The highest BCUT2D eigenvalue weighted by molar-refractivity contribution is 5.00. The van der Waals surface area contributed by atoms with Crippen molar-refractivity contribution in [3.63, 3.8) is 0 Å². The van der Waals surface area contributed by atoms with Gasteiger partial charge in [0, 0.05) is 12.1 Å². The average molecular weight is 183 g/mol. The first-order valence-electron chi connectivity index (χ1n) is 5.04. The van der Waals surface area contributed by atoms with Crippen LogP contribution in [0, 0.1) is 0 Å². The molecule has 0 spiro atoms. The van der Waals surface area contributed by atoms with E-state index in [9.17, 15) is 5.11 Å². The first kappa shape index (κ1) is 10.7. The Balaban J connectivity index is 2.39. The maximum Gasteiger partial charge on any atom is 0.0808 e. The van der Waals surface area contributed by atoms with Gasteiger partial charge in [0.25, 0.3) is 0 Å². The predicted molar refractivity (Wildman–Crippen MR) is 55.7 cm³/mol. The molecule has 1 aliphatic carbocycles. The molecule has 76 valence electrons. The fourth-order valence-electron chi connectivity index (χ4n) is 1.46. The molecule has 1 aliphatic rings. The van der Waals surface area contributed by atoms with E-state index in [0.717, 1.165) is 19.3 Å². The fourth-order valence-corrected chi connectivity index (χ4v) is 1.46. The van der Waals surface area contributed by atoms with Crippen LogP contribution in [-0.2, 0) is 0 Å². The Labute approximate surface area is 81.0 Å². The summed E-state index contributed by atoms with van der Waals surface area (Å²) >= 11 is 0. The molecule has 2 N–H and O–H groups in total. The number of β-amino-alcohol motifs (C(OH)–C–C–N with tert-alkyl or cyclic N) is 1. The Morgan fingerprint density at radius 2 is 2.08 bits per heavy atom. The van der Waals surface area contributed by atoms with Crippen molar-refractivity contribution in [2.75, 3.05) is 6.54 Å². The van der Waals surface area contributed by atoms with Crippen LogP contribution in [0.3, 0.4) is 0 Å². The van der Waals surface area contributed by atoms with Gasteiger partial charge in [-0.05, 0) is 40.0 Å². The summed E-state index contributed by atoms with van der Waals surface area (Å²) < 4.78 is 0. The van der Waals surface area contributed by atoms with Gasteiger partial charge in [0.1, 0.15) is 0 Å². The summed E-state index contributed by atoms with van der Waals surface area (Å²) in [5.41, 5.74) is -0.418. The molecule has 13 heavy (non-hydrogen) atoms. The molecule has 0 aromatic rings. The molecule has 2 heteroatoms. The van der Waals surface area contributed by atoms with Gasteiger partial charge in [-0.25, -0.2) is 0 Å². The summed E-state index contributed by atoms with van der Waals surface area (Å²) in [5.74, 6) is 0. The van der Waals surface area contributed by atoms with E-state index < -0.39 is 5.60 Å². The molecule has 0 amide bonds. The molecule has 0 saturated carbocycles. The summed E-state index contributed by atoms with van der Waals surface area (Å²) in [6.45, 7) is 7.06. The summed E-state index contributed by atoms with van der Waals surface area (Å²) in [7, 11) is 0. The van der Waals surface area contributed by atoms with Crippen molar-refractivity contribution >= 4 is 0 Å². The molecule has 0 fully saturated rings. The van der Waals surface area contributed by atoms with Gasteiger partial charge in [-0.1, -0.05) is 12.2 Å². The van der Waals surface area contributed by atoms with Crippen molar-refractivity contribution in [2.24, 2.45) is 0 Å². The third-order valence-corrected chi connectivity index (χ3v) is 2.39. The highest BCUT2D eigenvalue weighted by Gasteiger charge is 2.27. The second kappa shape index (κ2) is 3.81. The zero-order chi connectivity index (χ0) is 9.95. The van der Waals surface area contributed by atoms with Crippen LogP contribution in [-0.4, -0.2) is 22.8 Å². The molecule has 1 unspecified atom stereocenters. The molecule has 0 aromatic carbocycles. The fraction of sp³-hybridized carbons (Fsp3) is 0.818. The van der Waals surface area contributed by atoms with Crippen LogP contribution in [0.25, 0.3) is 0 Å². The van der Waals surface area contributed by atoms with Crippen LogP contribution in [0.4, 0.5) is 0 Å². The monoisotopic (exact) mass is 183 g/mol. The minimum Gasteiger partial charge on any atom is -0.388 e. The summed E-state index contributed by atoms with van der Waals surface area (Å²) in [4.78, 5) is 0. The van der Waals surface area contributed by atoms with Gasteiger partial charge < -0.3 is 10.4 Å². The number of allylic oxidation sites excluding steroid dienone is 1. The van der Waals surface area contributed by atoms with Crippen molar-refractivity contribution in [1.29, 1.82) is 0 Å². The second-order valence-corrected chi connectivity index (χ2v) is 5.04. The van der Waals surface area contributed by atoms with E-state index in [1.807, 2.05) is 0 Å². The molecule has 0 radical (unpaired) electrons. The first-order valence-corrected chi connectivity index (χ1v) is 5.04. The molecule has 0 heterocycles. The van der Waals surface area contributed by atoms with Crippen LogP contribution in [0.15, 0.2) is 12.2 Å². The zero-order valence-electron chi connectivity index (χ0n) is 8.93. The quantitative estimate of drug-likeness (QED) is 0.640. The van der Waals surface area contributed by atoms with Crippen LogP contribution in [0.2, 0.25) is 0 Å². The van der Waals surface area contributed by atoms with Crippen molar-refractivity contribution in [3.8, 4) is 0 Å². The van der Waals surface area contributed by atoms with Gasteiger partial charge in [-0.3, -0.25) is 0 Å². The van der Waals surface area contributed by atoms with Gasteiger partial charge in [0.15, 0.2) is 0 Å². The summed E-state index contributed by atoms with van der Waals surface area (Å²) in [6.07, 6.45) is 6.89. The smallest absolute Gasteiger partial charge is 0.0808 e. The Kier molecular flexibility index (Phi) is 3.14. The van der Waals surface area contributed by atoms with E-state index in [4.69, 9.17) is 0 Å². The topological polar surface area (TPSA) is 32.3 Å². The van der Waals surface area contributed by atoms with Crippen molar-refractivity contribution in [3.05, 3.63) is 12.2 Å². The number of rotatable bonds is 2. The van der Waals surface area contributed by atoms with E-state index in [-0.39, 0.29) is 5.54 Å². The molecule has 0 aromatic heterocycles. The lowest BCUT2D eigenvalue weighted by atomic mass is 9.88. The Morgan fingerprint density at radius 1 is 1.38 bits per heavy atom. The molecule has 0 bridgehead atoms. The van der Waals surface area contributed by atoms with E-state index in [1.54, 1.807) is 0 Å². The highest BCUT2D eigenvalue weighted by atomic mass is 16.3. The molecule has 1 atom stereocenters. The van der Waals surface area contributed by atoms with E-state index in [2.05, 4.69) is 38.2 Å². The Morgan fingerprint density at radius 3 is 2.54 bits per heavy atom. The number of hydrogen-bond donors (Lipinski definition) is 2. The van der Waals surface area contributed by atoms with Gasteiger partial charge in [-0.15, -0.1) is 0 Å². The van der Waals surface area contributed by atoms with Crippen LogP contribution < -0.4 is 5.32 Å². The van der Waals surface area contributed by atoms with Crippen molar-refractivity contribution < 1.29 is 5.11 Å². The van der Waals surface area contributed by atoms with Gasteiger partial charge in [0.05, 0.1) is 5.60 Å². The van der Waals surface area contributed by atoms with E-state index in [0.29, 0.717) is 6.54 Å². The van der Waals surface area contributed by atoms with E-state index in [1.165, 1.54) is 0 Å². The molecule has 0 aliphatic heterocycles. The van der Waals surface area contributed by atoms with Crippen LogP contribution >= 0.6 is 0 Å². The first-order chi connectivity index (χ1) is 5.91. The average Bonchev–Trinajstić information content (AvgIpc) is 2.02. The third kappa shape index (κ3) is 3.92. The largest absolute Gasteiger partial charge is 0.388 e. The SMILES string of the molecule is CC(C)(C)NCC1(O)CC=CCC1. The molecule has 1 rings (SSSR count). The predicted octanol–water partition coefficient (Wildman–Crippen LogP) is 1.85. The van der Waals surface area contributed by atoms with Gasteiger partial charge in [0.2, 0.25) is 0 Å². The van der Waals surface area contributed by atoms with Crippen LogP contribution in [0.5, 0.6) is 0 Å². The van der Waals surface area contributed by atoms with Crippen molar-refractivity contribution in [2.45, 2.75) is 51.2 Å². The maximum absolute atomic E-state index is 10.1. The Bertz CT molecular complexity index is 193. The Hall–Kier alpha value is -0.340. The zero-order valence-corrected chi connectivity index (χ0v) is 8.93. The molecular weight excluding hydrogens is 162 g/mol. The normalized spacial score (nSPS) is 29.2. The molecule has 2 nitrogen and oxygen atoms in total. The lowest BCUT2D eigenvalue weighted by molar-refractivity contribution is 0.0260. The highest BCUT2D eigenvalue weighted by Crippen LogP contribution is 2.22. The third-order valence-electron chi connectivity index (χ3n) is 2.39. The summed E-state index contributed by atoms with van der Waals surface area (Å²) in [5, 5.41) is 13.5. The maximum atomic E-state index is 10.1. The minimum atomic E-state index is -0.512. The standard InChI is InChI=1S/C11H21NO/c1-10(2,3)12-9-11(13)7-5-4-6-8-11/h4-5,12-13H,6-9H2,1-3H3. The molecular formula is C11H21NO. The van der Waals surface area contributed by atoms with Gasteiger partial charge in [-0.2, -0.15) is 0 Å². The van der Waals surface area contributed by atoms with Crippen molar-refractivity contribution in [1.82, 2.24) is 5.32 Å².